The molecule has 0 spiro atoms. The summed E-state index contributed by atoms with van der Waals surface area (Å²) in [4.78, 5) is 31.8. The van der Waals surface area contributed by atoms with Crippen LogP contribution in [0, 0.1) is 0 Å². The lowest BCUT2D eigenvalue weighted by Crippen LogP contribution is -2.24. The number of aliphatic imine (C=N–C) groups is 1. The van der Waals surface area contributed by atoms with Gasteiger partial charge in [0.25, 0.3) is 5.91 Å². The van der Waals surface area contributed by atoms with E-state index in [0.29, 0.717) is 11.3 Å². The number of amides is 1. The van der Waals surface area contributed by atoms with Gasteiger partial charge in [0.2, 0.25) is 0 Å². The molecule has 0 fully saturated rings. The van der Waals surface area contributed by atoms with Crippen LogP contribution in [0.1, 0.15) is 20.7 Å². The zero-order chi connectivity index (χ0) is 24.0. The first kappa shape index (κ1) is 24.0. The number of pyridine rings is 1. The van der Waals surface area contributed by atoms with Crippen molar-refractivity contribution in [2.45, 2.75) is 9.92 Å². The van der Waals surface area contributed by atoms with Crippen molar-refractivity contribution < 1.29 is 22.7 Å². The van der Waals surface area contributed by atoms with Crippen molar-refractivity contribution in [3.05, 3.63) is 78.0 Å². The third kappa shape index (κ3) is 6.64. The van der Waals surface area contributed by atoms with Gasteiger partial charge in [0.1, 0.15) is 16.4 Å². The van der Waals surface area contributed by atoms with Crippen LogP contribution in [0.3, 0.4) is 0 Å². The summed E-state index contributed by atoms with van der Waals surface area (Å²) in [5.74, 6) is -0.745. The number of rotatable bonds is 8. The minimum absolute atomic E-state index is 0.0116. The van der Waals surface area contributed by atoms with E-state index in [9.17, 15) is 18.0 Å². The molecule has 3 aromatic rings. The number of Topliss-reactive ketones (excluding diaryl/α,β-unsaturated/α-hetero) is 1. The van der Waals surface area contributed by atoms with Gasteiger partial charge in [-0.2, -0.15) is 4.99 Å². The van der Waals surface area contributed by atoms with Gasteiger partial charge in [0.15, 0.2) is 21.6 Å². The Kier molecular flexibility index (Phi) is 7.46. The van der Waals surface area contributed by atoms with Crippen LogP contribution in [0.2, 0.25) is 0 Å². The van der Waals surface area contributed by atoms with E-state index in [1.165, 1.54) is 23.9 Å². The van der Waals surface area contributed by atoms with Crippen molar-refractivity contribution in [2.75, 3.05) is 12.0 Å². The van der Waals surface area contributed by atoms with E-state index in [2.05, 4.69) is 9.98 Å². The van der Waals surface area contributed by atoms with Crippen molar-refractivity contribution >= 4 is 39.2 Å². The standard InChI is InChI=1S/C22H20N4O5S2/c1-33(29,30)19-12-15(21(28)26-22(23)24)7-10-18(19)31-16-8-5-14(6-9-16)17(27)13-32-20-4-2-3-11-25-20/h2-12H,13H2,1H3,(H4,23,24,26,28). The van der Waals surface area contributed by atoms with E-state index >= 15 is 0 Å². The lowest BCUT2D eigenvalue weighted by molar-refractivity contribution is 0.0999. The van der Waals surface area contributed by atoms with Crippen molar-refractivity contribution in [2.24, 2.45) is 16.5 Å². The van der Waals surface area contributed by atoms with Crippen LogP contribution in [0.25, 0.3) is 0 Å². The molecule has 1 aromatic heterocycles. The SMILES string of the molecule is CS(=O)(=O)c1cc(C(=O)N=C(N)N)ccc1Oc1ccc(C(=O)CSc2ccccn2)cc1. The Balaban J connectivity index is 1.76. The third-order valence-electron chi connectivity index (χ3n) is 4.21. The van der Waals surface area contributed by atoms with Gasteiger partial charge >= 0.3 is 0 Å². The largest absolute Gasteiger partial charge is 0.456 e. The van der Waals surface area contributed by atoms with Crippen LogP contribution >= 0.6 is 11.8 Å². The van der Waals surface area contributed by atoms with E-state index in [1.54, 1.807) is 36.5 Å². The smallest absolute Gasteiger partial charge is 0.280 e. The second-order valence-electron chi connectivity index (χ2n) is 6.78. The Hall–Kier alpha value is -3.70. The van der Waals surface area contributed by atoms with Gasteiger partial charge in [-0.25, -0.2) is 13.4 Å². The van der Waals surface area contributed by atoms with Crippen molar-refractivity contribution in [3.63, 3.8) is 0 Å². The molecule has 3 rings (SSSR count). The fourth-order valence-corrected chi connectivity index (χ4v) is 4.26. The topological polar surface area (TPSA) is 155 Å². The maximum Gasteiger partial charge on any atom is 0.280 e. The zero-order valence-corrected chi connectivity index (χ0v) is 19.1. The van der Waals surface area contributed by atoms with Gasteiger partial charge in [-0.15, -0.1) is 0 Å². The highest BCUT2D eigenvalue weighted by molar-refractivity contribution is 7.99. The molecular formula is C22H20N4O5S2. The number of ketones is 1. The minimum Gasteiger partial charge on any atom is -0.456 e. The van der Waals surface area contributed by atoms with Gasteiger partial charge in [0.05, 0.1) is 10.8 Å². The number of guanidine groups is 1. The van der Waals surface area contributed by atoms with Gasteiger partial charge in [-0.1, -0.05) is 17.8 Å². The molecule has 4 N–H and O–H groups in total. The van der Waals surface area contributed by atoms with Gasteiger partial charge in [-0.3, -0.25) is 9.59 Å². The quantitative estimate of drug-likeness (QED) is 0.212. The number of sulfone groups is 1. The molecule has 1 heterocycles. The normalized spacial score (nSPS) is 10.9. The first-order valence-corrected chi connectivity index (χ1v) is 12.3. The van der Waals surface area contributed by atoms with Crippen molar-refractivity contribution in [3.8, 4) is 11.5 Å². The Morgan fingerprint density at radius 2 is 1.73 bits per heavy atom. The number of thioether (sulfide) groups is 1. The van der Waals surface area contributed by atoms with Crippen LogP contribution in [-0.2, 0) is 9.84 Å². The molecule has 0 saturated carbocycles. The molecule has 0 saturated heterocycles. The van der Waals surface area contributed by atoms with E-state index < -0.39 is 21.7 Å². The highest BCUT2D eigenvalue weighted by atomic mass is 32.2. The van der Waals surface area contributed by atoms with Crippen LogP contribution in [0.15, 0.2) is 81.8 Å². The number of nitrogens with two attached hydrogens (primary N) is 2. The summed E-state index contributed by atoms with van der Waals surface area (Å²) in [6.07, 6.45) is 2.65. The number of carbonyl (C=O) groups is 2. The second-order valence-corrected chi connectivity index (χ2v) is 9.76. The predicted molar refractivity (Wildman–Crippen MR) is 125 cm³/mol. The van der Waals surface area contributed by atoms with Crippen molar-refractivity contribution in [1.82, 2.24) is 4.98 Å². The van der Waals surface area contributed by atoms with E-state index in [0.717, 1.165) is 17.3 Å². The first-order valence-electron chi connectivity index (χ1n) is 9.46. The van der Waals surface area contributed by atoms with E-state index in [4.69, 9.17) is 16.2 Å². The average Bonchev–Trinajstić information content (AvgIpc) is 2.77. The maximum atomic E-state index is 12.4. The summed E-state index contributed by atoms with van der Waals surface area (Å²) >= 11 is 1.33. The van der Waals surface area contributed by atoms with Crippen LogP contribution < -0.4 is 16.2 Å². The lowest BCUT2D eigenvalue weighted by atomic mass is 10.1. The second kappa shape index (κ2) is 10.3. The fourth-order valence-electron chi connectivity index (χ4n) is 2.69. The molecule has 0 aliphatic heterocycles. The average molecular weight is 485 g/mol. The molecule has 0 aliphatic rings. The Morgan fingerprint density at radius 1 is 1.03 bits per heavy atom. The molecule has 0 unspecified atom stereocenters. The summed E-state index contributed by atoms with van der Waals surface area (Å²) in [5, 5.41) is 0.751. The predicted octanol–water partition coefficient (Wildman–Crippen LogP) is 2.67. The Morgan fingerprint density at radius 3 is 2.33 bits per heavy atom. The molecule has 0 radical (unpaired) electrons. The lowest BCUT2D eigenvalue weighted by Gasteiger charge is -2.11. The molecule has 0 bridgehead atoms. The summed E-state index contributed by atoms with van der Waals surface area (Å²) in [7, 11) is -3.74. The molecule has 0 atom stereocenters. The minimum atomic E-state index is -3.74. The molecule has 0 aliphatic carbocycles. The monoisotopic (exact) mass is 484 g/mol. The zero-order valence-electron chi connectivity index (χ0n) is 17.5. The van der Waals surface area contributed by atoms with E-state index in [1.807, 2.05) is 12.1 Å². The number of ether oxygens (including phenoxy) is 1. The summed E-state index contributed by atoms with van der Waals surface area (Å²) < 4.78 is 30.2. The van der Waals surface area contributed by atoms with Crippen LogP contribution in [0.4, 0.5) is 0 Å². The molecule has 9 nitrogen and oxygen atoms in total. The highest BCUT2D eigenvalue weighted by Crippen LogP contribution is 2.30. The number of nitrogens with zero attached hydrogens (tertiary/aromatic N) is 2. The number of hydrogen-bond donors (Lipinski definition) is 2. The maximum absolute atomic E-state index is 12.4. The summed E-state index contributed by atoms with van der Waals surface area (Å²) in [6, 6.07) is 15.6. The molecule has 1 amide bonds. The summed E-state index contributed by atoms with van der Waals surface area (Å²) in [5.41, 5.74) is 10.9. The van der Waals surface area contributed by atoms with Crippen LogP contribution in [-0.4, -0.2) is 43.1 Å². The van der Waals surface area contributed by atoms with Crippen LogP contribution in [0.5, 0.6) is 11.5 Å². The Labute approximate surface area is 194 Å². The fraction of sp³-hybridized carbons (Fsp3) is 0.0909. The molecule has 33 heavy (non-hydrogen) atoms. The molecular weight excluding hydrogens is 464 g/mol. The van der Waals surface area contributed by atoms with Gasteiger partial charge in [-0.05, 0) is 54.6 Å². The third-order valence-corrected chi connectivity index (χ3v) is 6.28. The van der Waals surface area contributed by atoms with Gasteiger partial charge in [0, 0.05) is 23.6 Å². The molecule has 2 aromatic carbocycles. The van der Waals surface area contributed by atoms with Crippen molar-refractivity contribution in [1.29, 1.82) is 0 Å². The van der Waals surface area contributed by atoms with Gasteiger partial charge < -0.3 is 16.2 Å². The molecule has 11 heteroatoms. The summed E-state index contributed by atoms with van der Waals surface area (Å²) in [6.45, 7) is 0. The number of benzene rings is 2. The van der Waals surface area contributed by atoms with E-state index in [-0.39, 0.29) is 27.7 Å². The Bertz CT molecular complexity index is 1300. The number of aromatic nitrogens is 1. The molecule has 170 valence electrons. The first-order chi connectivity index (χ1) is 15.6. The number of carbonyl (C=O) groups excluding carboxylic acids is 2. The highest BCUT2D eigenvalue weighted by Gasteiger charge is 2.19. The number of hydrogen-bond acceptors (Lipinski definition) is 7.